The number of H-pyrrole nitrogens is 2. The molecule has 0 spiro atoms. The predicted octanol–water partition coefficient (Wildman–Crippen LogP) is 3.71. The molecule has 3 heterocycles. The molecule has 0 bridgehead atoms. The largest absolute Gasteiger partial charge is 0.461 e. The van der Waals surface area contributed by atoms with Crippen molar-refractivity contribution in [3.8, 4) is 17.7 Å². The van der Waals surface area contributed by atoms with Crippen molar-refractivity contribution in [1.29, 1.82) is 5.26 Å². The number of carbonyl (C=O) groups is 1. The van der Waals surface area contributed by atoms with E-state index in [4.69, 9.17) is 9.47 Å². The quantitative estimate of drug-likeness (QED) is 0.400. The number of fused-ring (bicyclic) bond motifs is 1. The molecule has 3 aromatic heterocycles. The van der Waals surface area contributed by atoms with Gasteiger partial charge in [-0.2, -0.15) is 10.4 Å². The molecule has 10 nitrogen and oxygen atoms in total. The number of hydrogen-bond donors (Lipinski definition) is 3. The van der Waals surface area contributed by atoms with Gasteiger partial charge in [0.05, 0.1) is 6.61 Å². The summed E-state index contributed by atoms with van der Waals surface area (Å²) in [6, 6.07) is 8.13. The van der Waals surface area contributed by atoms with Crippen LogP contribution in [-0.2, 0) is 4.74 Å². The fourth-order valence-electron chi connectivity index (χ4n) is 2.93. The van der Waals surface area contributed by atoms with E-state index < -0.39 is 11.8 Å². The average molecular weight is 421 g/mol. The highest BCUT2D eigenvalue weighted by Gasteiger charge is 2.18. The van der Waals surface area contributed by atoms with E-state index >= 15 is 0 Å². The Bertz CT molecular complexity index is 1320. The van der Waals surface area contributed by atoms with E-state index in [0.717, 1.165) is 12.0 Å². The zero-order valence-corrected chi connectivity index (χ0v) is 16.5. The van der Waals surface area contributed by atoms with Gasteiger partial charge in [0.2, 0.25) is 5.88 Å². The summed E-state index contributed by atoms with van der Waals surface area (Å²) in [6.45, 7) is 3.72. The van der Waals surface area contributed by atoms with Crippen LogP contribution in [0.4, 0.5) is 16.0 Å². The van der Waals surface area contributed by atoms with Crippen LogP contribution in [0.3, 0.4) is 0 Å². The van der Waals surface area contributed by atoms with Gasteiger partial charge >= 0.3 is 5.97 Å². The maximum absolute atomic E-state index is 14.8. The van der Waals surface area contributed by atoms with Crippen LogP contribution in [-0.4, -0.2) is 37.7 Å². The molecule has 4 aromatic rings. The van der Waals surface area contributed by atoms with Crippen LogP contribution in [0.5, 0.6) is 11.6 Å². The number of aryl methyl sites for hydroxylation is 1. The third-order valence-corrected chi connectivity index (χ3v) is 4.29. The van der Waals surface area contributed by atoms with Crippen molar-refractivity contribution in [2.45, 2.75) is 13.8 Å². The van der Waals surface area contributed by atoms with Crippen LogP contribution < -0.4 is 10.1 Å². The molecule has 156 valence electrons. The van der Waals surface area contributed by atoms with Gasteiger partial charge in [-0.25, -0.2) is 19.2 Å². The lowest BCUT2D eigenvalue weighted by Crippen LogP contribution is -2.04. The van der Waals surface area contributed by atoms with Crippen molar-refractivity contribution in [3.63, 3.8) is 0 Å². The first-order valence-corrected chi connectivity index (χ1v) is 9.20. The number of aromatic amines is 2. The number of nitrogens with one attached hydrogen (secondary N) is 3. The summed E-state index contributed by atoms with van der Waals surface area (Å²) in [5, 5.41) is 19.3. The number of nitrogens with zero attached hydrogens (tertiary/aromatic N) is 4. The number of hydrogen-bond acceptors (Lipinski definition) is 8. The molecule has 0 aliphatic rings. The standard InChI is InChI=1S/C20H16FN7O3/c1-3-30-20(29)14-7-16(28-27-14)26-18-12(8-22)19(24-9-23-18)31-15-5-4-13-11(17(15)21)6-10(2)25-13/h4-7,9,25H,3H2,1-2H3,(H2,23,24,26,27,28). The summed E-state index contributed by atoms with van der Waals surface area (Å²) in [6.07, 6.45) is 1.16. The Kier molecular flexibility index (Phi) is 5.19. The number of carbonyl (C=O) groups excluding carboxylic acids is 1. The normalized spacial score (nSPS) is 10.6. The molecule has 0 saturated carbocycles. The number of rotatable bonds is 6. The lowest BCUT2D eigenvalue weighted by atomic mass is 10.2. The highest BCUT2D eigenvalue weighted by atomic mass is 19.1. The van der Waals surface area contributed by atoms with Gasteiger partial charge in [0.1, 0.15) is 18.1 Å². The molecule has 11 heteroatoms. The molecule has 31 heavy (non-hydrogen) atoms. The minimum Gasteiger partial charge on any atom is -0.461 e. The van der Waals surface area contributed by atoms with E-state index in [0.29, 0.717) is 10.9 Å². The Labute approximate surface area is 175 Å². The highest BCUT2D eigenvalue weighted by Crippen LogP contribution is 2.32. The summed E-state index contributed by atoms with van der Waals surface area (Å²) in [5.41, 5.74) is 1.50. The van der Waals surface area contributed by atoms with Gasteiger partial charge in [-0.1, -0.05) is 0 Å². The summed E-state index contributed by atoms with van der Waals surface area (Å²) >= 11 is 0. The molecular formula is C20H16FN7O3. The molecule has 3 N–H and O–H groups in total. The van der Waals surface area contributed by atoms with Gasteiger partial charge in [0.25, 0.3) is 0 Å². The monoisotopic (exact) mass is 421 g/mol. The van der Waals surface area contributed by atoms with E-state index in [9.17, 15) is 14.4 Å². The van der Waals surface area contributed by atoms with Crippen molar-refractivity contribution in [2.75, 3.05) is 11.9 Å². The number of halogens is 1. The topological polar surface area (TPSA) is 142 Å². The van der Waals surface area contributed by atoms with E-state index in [2.05, 4.69) is 30.5 Å². The number of anilines is 2. The third kappa shape index (κ3) is 3.86. The molecule has 0 aliphatic heterocycles. The second-order valence-corrected chi connectivity index (χ2v) is 6.42. The summed E-state index contributed by atoms with van der Waals surface area (Å²) in [4.78, 5) is 22.8. The third-order valence-electron chi connectivity index (χ3n) is 4.29. The predicted molar refractivity (Wildman–Crippen MR) is 108 cm³/mol. The lowest BCUT2D eigenvalue weighted by Gasteiger charge is -2.10. The molecule has 0 atom stereocenters. The Morgan fingerprint density at radius 1 is 1.32 bits per heavy atom. The number of aromatic nitrogens is 5. The van der Waals surface area contributed by atoms with Crippen molar-refractivity contribution >= 4 is 28.5 Å². The van der Waals surface area contributed by atoms with E-state index in [1.807, 2.05) is 13.0 Å². The smallest absolute Gasteiger partial charge is 0.356 e. The maximum atomic E-state index is 14.8. The molecule has 0 amide bonds. The number of ether oxygens (including phenoxy) is 2. The minimum atomic E-state index is -0.578. The maximum Gasteiger partial charge on any atom is 0.356 e. The fraction of sp³-hybridized carbons (Fsp3) is 0.150. The van der Waals surface area contributed by atoms with Crippen molar-refractivity contribution in [3.05, 3.63) is 53.4 Å². The first-order valence-electron chi connectivity index (χ1n) is 9.20. The highest BCUT2D eigenvalue weighted by molar-refractivity contribution is 5.88. The molecule has 0 fully saturated rings. The molecule has 0 radical (unpaired) electrons. The summed E-state index contributed by atoms with van der Waals surface area (Å²) < 4.78 is 25.3. The van der Waals surface area contributed by atoms with Gasteiger partial charge in [-0.05, 0) is 32.0 Å². The van der Waals surface area contributed by atoms with Crippen LogP contribution in [0.1, 0.15) is 28.7 Å². The fourth-order valence-corrected chi connectivity index (χ4v) is 2.93. The Hall–Kier alpha value is -4.46. The van der Waals surface area contributed by atoms with Crippen LogP contribution in [0, 0.1) is 24.1 Å². The minimum absolute atomic E-state index is 0.0621. The van der Waals surface area contributed by atoms with Gasteiger partial charge in [0, 0.05) is 22.7 Å². The van der Waals surface area contributed by atoms with Crippen molar-refractivity contribution < 1.29 is 18.7 Å². The Morgan fingerprint density at radius 3 is 2.94 bits per heavy atom. The summed E-state index contributed by atoms with van der Waals surface area (Å²) in [7, 11) is 0. The van der Waals surface area contributed by atoms with E-state index in [-0.39, 0.29) is 41.1 Å². The van der Waals surface area contributed by atoms with Crippen LogP contribution >= 0.6 is 0 Å². The average Bonchev–Trinajstić information content (AvgIpc) is 3.37. The lowest BCUT2D eigenvalue weighted by molar-refractivity contribution is 0.0519. The zero-order valence-electron chi connectivity index (χ0n) is 16.5. The zero-order chi connectivity index (χ0) is 22.0. The molecule has 0 saturated heterocycles. The van der Waals surface area contributed by atoms with Gasteiger partial charge in [-0.15, -0.1) is 0 Å². The molecule has 1 aromatic carbocycles. The van der Waals surface area contributed by atoms with Crippen molar-refractivity contribution in [1.82, 2.24) is 25.1 Å². The van der Waals surface area contributed by atoms with Gasteiger partial charge in [0.15, 0.2) is 28.8 Å². The SMILES string of the molecule is CCOC(=O)c1cc(Nc2ncnc(Oc3ccc4[nH]c(C)cc4c3F)c2C#N)n[nH]1. The van der Waals surface area contributed by atoms with Crippen LogP contribution in [0.25, 0.3) is 10.9 Å². The summed E-state index contributed by atoms with van der Waals surface area (Å²) in [5.74, 6) is -1.07. The number of nitriles is 1. The molecular weight excluding hydrogens is 405 g/mol. The van der Waals surface area contributed by atoms with Crippen LogP contribution in [0.2, 0.25) is 0 Å². The van der Waals surface area contributed by atoms with Crippen molar-refractivity contribution in [2.24, 2.45) is 0 Å². The van der Waals surface area contributed by atoms with E-state index in [1.165, 1.54) is 12.1 Å². The first-order chi connectivity index (χ1) is 15.0. The molecule has 4 rings (SSSR count). The van der Waals surface area contributed by atoms with Crippen LogP contribution in [0.15, 0.2) is 30.6 Å². The van der Waals surface area contributed by atoms with Gasteiger partial charge in [-0.3, -0.25) is 5.10 Å². The first kappa shape index (κ1) is 19.8. The molecule has 0 unspecified atom stereocenters. The second-order valence-electron chi connectivity index (χ2n) is 6.42. The number of benzene rings is 1. The number of esters is 1. The Balaban J connectivity index is 1.63. The Morgan fingerprint density at radius 2 is 2.16 bits per heavy atom. The van der Waals surface area contributed by atoms with Gasteiger partial charge < -0.3 is 19.8 Å². The second kappa shape index (κ2) is 8.11. The van der Waals surface area contributed by atoms with E-state index in [1.54, 1.807) is 19.1 Å². The molecule has 0 aliphatic carbocycles.